The molecule has 0 spiro atoms. The summed E-state index contributed by atoms with van der Waals surface area (Å²) in [5.41, 5.74) is 0.816. The lowest BCUT2D eigenvalue weighted by Gasteiger charge is -2.58. The molecule has 0 N–H and O–H groups in total. The Bertz CT molecular complexity index is 1140. The van der Waals surface area contributed by atoms with Crippen LogP contribution >= 0.6 is 15.9 Å². The zero-order valence-corrected chi connectivity index (χ0v) is 22.1. The Kier molecular flexibility index (Phi) is 7.44. The van der Waals surface area contributed by atoms with Gasteiger partial charge in [0.05, 0.1) is 4.92 Å². The molecule has 2 saturated heterocycles. The predicted octanol–water partition coefficient (Wildman–Crippen LogP) is 3.93. The van der Waals surface area contributed by atoms with Gasteiger partial charge in [-0.3, -0.25) is 15.0 Å². The number of fused-ring (bicyclic) bond motifs is 1. The maximum atomic E-state index is 13.8. The smallest absolute Gasteiger partial charge is 0.289 e. The second-order valence-corrected chi connectivity index (χ2v) is 12.1. The average Bonchev–Trinajstić information content (AvgIpc) is 2.78. The third-order valence-electron chi connectivity index (χ3n) is 7.29. The Morgan fingerprint density at radius 3 is 2.41 bits per heavy atom. The second-order valence-electron chi connectivity index (χ2n) is 9.31. The molecule has 0 aromatic heterocycles. The highest BCUT2D eigenvalue weighted by Crippen LogP contribution is 2.44. The van der Waals surface area contributed by atoms with Crippen LogP contribution in [0.2, 0.25) is 0 Å². The highest BCUT2D eigenvalue weighted by Gasteiger charge is 2.50. The molecule has 4 rings (SSSR count). The molecule has 0 unspecified atom stereocenters. The maximum Gasteiger partial charge on any atom is 0.289 e. The molecule has 2 heterocycles. The Labute approximate surface area is 209 Å². The van der Waals surface area contributed by atoms with Crippen molar-refractivity contribution in [1.82, 2.24) is 14.1 Å². The zero-order valence-electron chi connectivity index (χ0n) is 19.7. The molecular weight excluding hydrogens is 520 g/mol. The van der Waals surface area contributed by atoms with E-state index >= 15 is 0 Å². The van der Waals surface area contributed by atoms with Gasteiger partial charge in [0, 0.05) is 54.2 Å². The van der Waals surface area contributed by atoms with Crippen LogP contribution in [-0.4, -0.2) is 79.3 Å². The van der Waals surface area contributed by atoms with Crippen molar-refractivity contribution < 1.29 is 13.3 Å². The SMILES string of the molecule is CC[C@@H]1[C@H](c2ccc(Br)cc2)[C@@H]2CN(S(=O)(=O)c3ccccc3[N+](=O)[O-])C[C@@H](N(C)C)CCN12. The number of rotatable bonds is 6. The monoisotopic (exact) mass is 550 g/mol. The van der Waals surface area contributed by atoms with Gasteiger partial charge in [0.1, 0.15) is 0 Å². The topological polar surface area (TPSA) is 87.0 Å². The molecule has 2 aliphatic rings. The highest BCUT2D eigenvalue weighted by atomic mass is 79.9. The van der Waals surface area contributed by atoms with Crippen molar-refractivity contribution in [2.24, 2.45) is 0 Å². The summed E-state index contributed by atoms with van der Waals surface area (Å²) in [5, 5.41) is 11.6. The molecule has 0 radical (unpaired) electrons. The van der Waals surface area contributed by atoms with Gasteiger partial charge in [0.2, 0.25) is 10.0 Å². The fourth-order valence-electron chi connectivity index (χ4n) is 5.47. The van der Waals surface area contributed by atoms with Crippen molar-refractivity contribution >= 4 is 31.6 Å². The average molecular weight is 552 g/mol. The van der Waals surface area contributed by atoms with Crippen LogP contribution in [0.3, 0.4) is 0 Å². The zero-order chi connectivity index (χ0) is 24.6. The summed E-state index contributed by atoms with van der Waals surface area (Å²) in [7, 11) is -0.160. The van der Waals surface area contributed by atoms with Crippen LogP contribution in [-0.2, 0) is 10.0 Å². The number of sulfonamides is 1. The summed E-state index contributed by atoms with van der Waals surface area (Å²) in [6.45, 7) is 3.68. The van der Waals surface area contributed by atoms with Gasteiger partial charge in [-0.2, -0.15) is 4.31 Å². The van der Waals surface area contributed by atoms with E-state index in [0.29, 0.717) is 19.1 Å². The van der Waals surface area contributed by atoms with Gasteiger partial charge in [-0.25, -0.2) is 8.42 Å². The van der Waals surface area contributed by atoms with E-state index < -0.39 is 14.9 Å². The Balaban J connectivity index is 1.74. The first-order valence-corrected chi connectivity index (χ1v) is 13.8. The van der Waals surface area contributed by atoms with Crippen LogP contribution in [0.5, 0.6) is 0 Å². The molecule has 2 aliphatic heterocycles. The van der Waals surface area contributed by atoms with Crippen LogP contribution in [0.15, 0.2) is 57.9 Å². The van der Waals surface area contributed by atoms with E-state index in [1.807, 2.05) is 26.2 Å². The number of hydrogen-bond acceptors (Lipinski definition) is 6. The molecule has 8 nitrogen and oxygen atoms in total. The van der Waals surface area contributed by atoms with Crippen molar-refractivity contribution in [2.45, 2.75) is 48.7 Å². The molecular formula is C24H31BrN4O4S. The van der Waals surface area contributed by atoms with Crippen LogP contribution in [0.25, 0.3) is 0 Å². The lowest BCUT2D eigenvalue weighted by Crippen LogP contribution is -2.68. The van der Waals surface area contributed by atoms with Gasteiger partial charge in [-0.1, -0.05) is 47.1 Å². The molecule has 34 heavy (non-hydrogen) atoms. The summed E-state index contributed by atoms with van der Waals surface area (Å²) < 4.78 is 30.2. The van der Waals surface area contributed by atoms with Crippen LogP contribution in [0.1, 0.15) is 31.2 Å². The van der Waals surface area contributed by atoms with Crippen LogP contribution in [0, 0.1) is 10.1 Å². The summed E-state index contributed by atoms with van der Waals surface area (Å²) >= 11 is 3.50. The van der Waals surface area contributed by atoms with Gasteiger partial charge >= 0.3 is 0 Å². The molecule has 10 heteroatoms. The van der Waals surface area contributed by atoms with E-state index in [2.05, 4.69) is 44.8 Å². The van der Waals surface area contributed by atoms with Crippen LogP contribution < -0.4 is 0 Å². The van der Waals surface area contributed by atoms with E-state index in [0.717, 1.165) is 23.9 Å². The van der Waals surface area contributed by atoms with Crippen molar-refractivity contribution in [3.05, 3.63) is 68.7 Å². The predicted molar refractivity (Wildman–Crippen MR) is 135 cm³/mol. The lowest BCUT2D eigenvalue weighted by atomic mass is 9.73. The summed E-state index contributed by atoms with van der Waals surface area (Å²) in [6, 6.07) is 14.3. The van der Waals surface area contributed by atoms with Gasteiger partial charge < -0.3 is 4.90 Å². The van der Waals surface area contributed by atoms with Gasteiger partial charge in [0.25, 0.3) is 5.69 Å². The van der Waals surface area contributed by atoms with Crippen molar-refractivity contribution in [3.8, 4) is 0 Å². The van der Waals surface area contributed by atoms with Crippen LogP contribution in [0.4, 0.5) is 5.69 Å². The highest BCUT2D eigenvalue weighted by molar-refractivity contribution is 9.10. The largest absolute Gasteiger partial charge is 0.305 e. The number of nitrogens with zero attached hydrogens (tertiary/aromatic N) is 4. The van der Waals surface area contributed by atoms with Gasteiger partial charge in [-0.05, 0) is 50.7 Å². The molecule has 4 atom stereocenters. The fourth-order valence-corrected chi connectivity index (χ4v) is 7.39. The molecule has 2 fully saturated rings. The fraction of sp³-hybridized carbons (Fsp3) is 0.500. The second kappa shape index (κ2) is 10.0. The minimum absolute atomic E-state index is 0.0164. The summed E-state index contributed by atoms with van der Waals surface area (Å²) in [6.07, 6.45) is 1.80. The quantitative estimate of drug-likeness (QED) is 0.400. The molecule has 2 aromatic rings. The third-order valence-corrected chi connectivity index (χ3v) is 9.70. The summed E-state index contributed by atoms with van der Waals surface area (Å²) in [4.78, 5) is 15.3. The Morgan fingerprint density at radius 2 is 1.79 bits per heavy atom. The number of benzene rings is 2. The lowest BCUT2D eigenvalue weighted by molar-refractivity contribution is -0.387. The minimum Gasteiger partial charge on any atom is -0.305 e. The first-order valence-electron chi connectivity index (χ1n) is 11.6. The maximum absolute atomic E-state index is 13.8. The van der Waals surface area contributed by atoms with E-state index in [9.17, 15) is 18.5 Å². The molecule has 0 bridgehead atoms. The minimum atomic E-state index is -4.07. The summed E-state index contributed by atoms with van der Waals surface area (Å²) in [5.74, 6) is 0.206. The number of nitro benzene ring substituents is 1. The normalized spacial score (nSPS) is 26.4. The number of halogens is 1. The van der Waals surface area contributed by atoms with Crippen molar-refractivity contribution in [1.29, 1.82) is 0 Å². The van der Waals surface area contributed by atoms with Gasteiger partial charge in [-0.15, -0.1) is 0 Å². The number of nitro groups is 1. The first kappa shape index (κ1) is 25.2. The Morgan fingerprint density at radius 1 is 1.12 bits per heavy atom. The number of hydrogen-bond donors (Lipinski definition) is 0. The first-order chi connectivity index (χ1) is 16.1. The molecule has 0 saturated carbocycles. The molecule has 184 valence electrons. The van der Waals surface area contributed by atoms with Gasteiger partial charge in [0.15, 0.2) is 4.90 Å². The Hall–Kier alpha value is -1.85. The van der Waals surface area contributed by atoms with E-state index in [4.69, 9.17) is 0 Å². The third kappa shape index (κ3) is 4.66. The van der Waals surface area contributed by atoms with E-state index in [1.165, 1.54) is 28.1 Å². The molecule has 0 aliphatic carbocycles. The standard InChI is InChI=1S/C24H31BrN4O4S/c1-4-20-24(17-9-11-18(25)12-10-17)22-16-27(15-19(26(2)3)13-14-28(20)22)34(32,33)23-8-6-5-7-21(23)29(30)31/h5-12,19-20,22,24H,4,13-16H2,1-3H3/t19-,20+,22-,24-/m0/s1. The van der Waals surface area contributed by atoms with E-state index in [-0.39, 0.29) is 28.6 Å². The molecule has 2 aromatic carbocycles. The number of para-hydroxylation sites is 1. The van der Waals surface area contributed by atoms with Crippen molar-refractivity contribution in [3.63, 3.8) is 0 Å². The number of likely N-dealkylation sites (N-methyl/N-ethyl adjacent to an activating group) is 1. The van der Waals surface area contributed by atoms with E-state index in [1.54, 1.807) is 6.07 Å². The van der Waals surface area contributed by atoms with Crippen molar-refractivity contribution in [2.75, 3.05) is 33.7 Å². The molecule has 0 amide bonds.